The predicted molar refractivity (Wildman–Crippen MR) is 87.8 cm³/mol. The molecule has 0 unspecified atom stereocenters. The average Bonchev–Trinajstić information content (AvgIpc) is 3.01. The Kier molecular flexibility index (Phi) is 4.02. The van der Waals surface area contributed by atoms with Crippen molar-refractivity contribution in [3.05, 3.63) is 24.2 Å². The maximum absolute atomic E-state index is 12.0. The van der Waals surface area contributed by atoms with Crippen LogP contribution in [0, 0.1) is 6.92 Å². The van der Waals surface area contributed by atoms with Crippen LogP contribution in [0.3, 0.4) is 0 Å². The molecule has 1 amide bonds. The average molecular weight is 314 g/mol. The molecular weight excluding hydrogens is 292 g/mol. The highest BCUT2D eigenvalue weighted by atomic mass is 16.2. The van der Waals surface area contributed by atoms with E-state index in [1.165, 1.54) is 0 Å². The van der Waals surface area contributed by atoms with Crippen molar-refractivity contribution in [3.8, 4) is 11.3 Å². The van der Waals surface area contributed by atoms with Gasteiger partial charge in [-0.05, 0) is 26.8 Å². The zero-order valence-corrected chi connectivity index (χ0v) is 13.9. The van der Waals surface area contributed by atoms with E-state index in [1.807, 2.05) is 45.0 Å². The van der Waals surface area contributed by atoms with Crippen LogP contribution in [0.15, 0.2) is 18.5 Å². The Bertz CT molecular complexity index is 723. The number of carbonyl (C=O) groups is 1. The molecule has 1 fully saturated rings. The van der Waals surface area contributed by atoms with Crippen molar-refractivity contribution >= 4 is 11.9 Å². The highest BCUT2D eigenvalue weighted by Gasteiger charge is 2.31. The van der Waals surface area contributed by atoms with Crippen LogP contribution >= 0.6 is 0 Å². The summed E-state index contributed by atoms with van der Waals surface area (Å²) in [5, 5.41) is 7.62. The molecule has 0 bridgehead atoms. The van der Waals surface area contributed by atoms with Gasteiger partial charge in [0.05, 0.1) is 17.4 Å². The van der Waals surface area contributed by atoms with Crippen molar-refractivity contribution in [1.82, 2.24) is 24.6 Å². The Morgan fingerprint density at radius 2 is 2.17 bits per heavy atom. The molecule has 0 spiro atoms. The molecule has 3 heterocycles. The topological polar surface area (TPSA) is 75.9 Å². The van der Waals surface area contributed by atoms with Gasteiger partial charge < -0.3 is 10.2 Å². The fourth-order valence-electron chi connectivity index (χ4n) is 2.94. The van der Waals surface area contributed by atoms with Crippen molar-refractivity contribution < 1.29 is 4.79 Å². The van der Waals surface area contributed by atoms with E-state index in [9.17, 15) is 4.79 Å². The van der Waals surface area contributed by atoms with Gasteiger partial charge in [-0.15, -0.1) is 0 Å². The summed E-state index contributed by atoms with van der Waals surface area (Å²) in [4.78, 5) is 22.7. The van der Waals surface area contributed by atoms with Gasteiger partial charge in [0, 0.05) is 44.0 Å². The maximum Gasteiger partial charge on any atom is 0.225 e. The van der Waals surface area contributed by atoms with Gasteiger partial charge in [0.2, 0.25) is 11.9 Å². The quantitative estimate of drug-likeness (QED) is 0.928. The van der Waals surface area contributed by atoms with E-state index in [0.29, 0.717) is 18.9 Å². The second-order valence-electron chi connectivity index (χ2n) is 6.25. The Labute approximate surface area is 135 Å². The summed E-state index contributed by atoms with van der Waals surface area (Å²) < 4.78 is 1.77. The molecule has 1 saturated heterocycles. The normalized spacial score (nSPS) is 18.0. The molecule has 0 aliphatic carbocycles. The summed E-state index contributed by atoms with van der Waals surface area (Å²) in [6, 6.07) is 2.14. The Morgan fingerprint density at radius 3 is 2.78 bits per heavy atom. The third-order valence-corrected chi connectivity index (χ3v) is 4.06. The molecule has 1 aliphatic rings. The number of nitrogens with one attached hydrogen (secondary N) is 1. The van der Waals surface area contributed by atoms with Gasteiger partial charge in [-0.1, -0.05) is 0 Å². The minimum Gasteiger partial charge on any atom is -0.349 e. The van der Waals surface area contributed by atoms with Gasteiger partial charge in [-0.25, -0.2) is 9.97 Å². The molecule has 2 aromatic heterocycles. The number of amides is 1. The summed E-state index contributed by atoms with van der Waals surface area (Å²) in [5.74, 6) is 0.728. The van der Waals surface area contributed by atoms with Crippen LogP contribution in [0.25, 0.3) is 11.3 Å². The fraction of sp³-hybridized carbons (Fsp3) is 0.500. The van der Waals surface area contributed by atoms with E-state index in [2.05, 4.69) is 20.4 Å². The fourth-order valence-corrected chi connectivity index (χ4v) is 2.94. The highest BCUT2D eigenvalue weighted by Crippen LogP contribution is 2.22. The molecule has 2 aromatic rings. The molecule has 1 atom stereocenters. The van der Waals surface area contributed by atoms with Crippen molar-refractivity contribution in [2.24, 2.45) is 7.05 Å². The van der Waals surface area contributed by atoms with E-state index in [1.54, 1.807) is 10.9 Å². The van der Waals surface area contributed by atoms with Crippen LogP contribution < -0.4 is 5.32 Å². The van der Waals surface area contributed by atoms with Gasteiger partial charge >= 0.3 is 0 Å². The molecule has 7 heteroatoms. The third-order valence-electron chi connectivity index (χ3n) is 4.06. The van der Waals surface area contributed by atoms with Crippen LogP contribution in [-0.2, 0) is 11.8 Å². The summed E-state index contributed by atoms with van der Waals surface area (Å²) >= 11 is 0. The molecule has 1 N–H and O–H groups in total. The van der Waals surface area contributed by atoms with E-state index in [0.717, 1.165) is 17.0 Å². The Morgan fingerprint density at radius 1 is 1.39 bits per heavy atom. The van der Waals surface area contributed by atoms with E-state index >= 15 is 0 Å². The van der Waals surface area contributed by atoms with E-state index in [-0.39, 0.29) is 18.0 Å². The lowest BCUT2D eigenvalue weighted by atomic mass is 10.2. The number of rotatable bonds is 4. The van der Waals surface area contributed by atoms with E-state index < -0.39 is 0 Å². The van der Waals surface area contributed by atoms with Crippen molar-refractivity contribution in [2.75, 3.05) is 11.9 Å². The first-order valence-electron chi connectivity index (χ1n) is 7.83. The summed E-state index contributed by atoms with van der Waals surface area (Å²) in [5.41, 5.74) is 2.75. The number of likely N-dealkylation sites (tertiary alicyclic amines) is 1. The number of nitrogens with zero attached hydrogens (tertiary/aromatic N) is 5. The van der Waals surface area contributed by atoms with Crippen molar-refractivity contribution in [2.45, 2.75) is 39.3 Å². The minimum absolute atomic E-state index is 0.0511. The molecular formula is C16H22N6O. The molecule has 122 valence electrons. The zero-order valence-electron chi connectivity index (χ0n) is 13.9. The highest BCUT2D eigenvalue weighted by molar-refractivity contribution is 5.80. The number of aryl methyl sites for hydroxylation is 2. The summed E-state index contributed by atoms with van der Waals surface area (Å²) in [6.07, 6.45) is 4.16. The van der Waals surface area contributed by atoms with Gasteiger partial charge in [-0.3, -0.25) is 9.48 Å². The molecule has 0 saturated carbocycles. The van der Waals surface area contributed by atoms with Crippen molar-refractivity contribution in [1.29, 1.82) is 0 Å². The van der Waals surface area contributed by atoms with Gasteiger partial charge in [-0.2, -0.15) is 5.10 Å². The van der Waals surface area contributed by atoms with Crippen LogP contribution in [0.4, 0.5) is 5.95 Å². The number of anilines is 1. The minimum atomic E-state index is 0.0511. The number of carbonyl (C=O) groups excluding carboxylic acids is 1. The smallest absolute Gasteiger partial charge is 0.225 e. The first-order valence-corrected chi connectivity index (χ1v) is 7.83. The standard InChI is InChI=1S/C16H22N6O/c1-10(2)22-8-12(7-15(22)23)18-16-17-6-5-14(19-16)13-9-21(4)20-11(13)3/h5-6,9-10,12H,7-8H2,1-4H3,(H,17,18,19)/t12-/m0/s1. The number of hydrogen-bond donors (Lipinski definition) is 1. The summed E-state index contributed by atoms with van der Waals surface area (Å²) in [7, 11) is 1.89. The monoisotopic (exact) mass is 314 g/mol. The summed E-state index contributed by atoms with van der Waals surface area (Å²) in [6.45, 7) is 6.71. The lowest BCUT2D eigenvalue weighted by Gasteiger charge is -2.21. The maximum atomic E-state index is 12.0. The lowest BCUT2D eigenvalue weighted by Crippen LogP contribution is -2.33. The molecule has 23 heavy (non-hydrogen) atoms. The first-order chi connectivity index (χ1) is 10.9. The Hall–Kier alpha value is -2.44. The predicted octanol–water partition coefficient (Wildman–Crippen LogP) is 1.61. The number of hydrogen-bond acceptors (Lipinski definition) is 5. The molecule has 0 aromatic carbocycles. The van der Waals surface area contributed by atoms with E-state index in [4.69, 9.17) is 0 Å². The SMILES string of the molecule is Cc1nn(C)cc1-c1ccnc(N[C@H]2CC(=O)N(C(C)C)C2)n1. The van der Waals surface area contributed by atoms with Crippen LogP contribution in [0.1, 0.15) is 26.0 Å². The largest absolute Gasteiger partial charge is 0.349 e. The van der Waals surface area contributed by atoms with Gasteiger partial charge in [0.25, 0.3) is 0 Å². The lowest BCUT2D eigenvalue weighted by molar-refractivity contribution is -0.129. The number of aromatic nitrogens is 4. The molecule has 0 radical (unpaired) electrons. The Balaban J connectivity index is 1.76. The van der Waals surface area contributed by atoms with Crippen LogP contribution in [-0.4, -0.2) is 49.2 Å². The van der Waals surface area contributed by atoms with Gasteiger partial charge in [0.15, 0.2) is 0 Å². The van der Waals surface area contributed by atoms with Crippen molar-refractivity contribution in [3.63, 3.8) is 0 Å². The molecule has 3 rings (SSSR count). The second-order valence-corrected chi connectivity index (χ2v) is 6.25. The first kappa shape index (κ1) is 15.5. The van der Waals surface area contributed by atoms with Crippen LogP contribution in [0.5, 0.6) is 0 Å². The van der Waals surface area contributed by atoms with Gasteiger partial charge in [0.1, 0.15) is 0 Å². The van der Waals surface area contributed by atoms with Crippen LogP contribution in [0.2, 0.25) is 0 Å². The molecule has 7 nitrogen and oxygen atoms in total. The molecule has 1 aliphatic heterocycles. The third kappa shape index (κ3) is 3.18. The zero-order chi connectivity index (χ0) is 16.6. The second kappa shape index (κ2) is 5.98.